The first kappa shape index (κ1) is 38.2. The second-order valence-corrected chi connectivity index (χ2v) is 16.8. The summed E-state index contributed by atoms with van der Waals surface area (Å²) in [4.78, 5) is 11.1. The zero-order chi connectivity index (χ0) is 36.8. The number of hydrogen-bond acceptors (Lipinski definition) is 8. The quantitative estimate of drug-likeness (QED) is 0.209. The predicted octanol–water partition coefficient (Wildman–Crippen LogP) is 6.11. The van der Waals surface area contributed by atoms with E-state index in [9.17, 15) is 39.6 Å². The average molecular weight is 706 g/mol. The number of ether oxygens (including phenoxy) is 1. The summed E-state index contributed by atoms with van der Waals surface area (Å²) in [6.45, 7) is 17.1. The van der Waals surface area contributed by atoms with Gasteiger partial charge < -0.3 is 23.4 Å². The maximum Gasteiger partial charge on any atom is 0.494 e. The van der Waals surface area contributed by atoms with Gasteiger partial charge in [0.2, 0.25) is 9.84 Å². The number of carbonyl (C=O) groups is 1. The van der Waals surface area contributed by atoms with E-state index in [2.05, 4.69) is 0 Å². The number of esters is 1. The first-order valence-corrected chi connectivity index (χ1v) is 16.4. The summed E-state index contributed by atoms with van der Waals surface area (Å²) >= 11 is 0. The highest BCUT2D eigenvalue weighted by molar-refractivity contribution is 7.91. The average Bonchev–Trinajstić information content (AvgIpc) is 3.25. The normalized spacial score (nSPS) is 20.7. The van der Waals surface area contributed by atoms with Crippen molar-refractivity contribution < 1.29 is 62.9 Å². The summed E-state index contributed by atoms with van der Waals surface area (Å²) in [6.07, 6.45) is -10.4. The van der Waals surface area contributed by atoms with Crippen LogP contribution in [0.15, 0.2) is 40.1 Å². The van der Waals surface area contributed by atoms with Crippen molar-refractivity contribution in [3.8, 4) is 0 Å². The van der Waals surface area contributed by atoms with E-state index in [4.69, 9.17) is 23.4 Å². The molecular formula is C31H38B2F6O8S. The molecule has 0 spiro atoms. The van der Waals surface area contributed by atoms with Gasteiger partial charge in [-0.15, -0.1) is 0 Å². The molecule has 48 heavy (non-hydrogen) atoms. The van der Waals surface area contributed by atoms with Gasteiger partial charge in [-0.3, -0.25) is 0 Å². The number of alkyl halides is 6. The molecule has 2 aromatic carbocycles. The van der Waals surface area contributed by atoms with E-state index in [1.807, 2.05) is 0 Å². The molecule has 2 aromatic rings. The van der Waals surface area contributed by atoms with Gasteiger partial charge in [0, 0.05) is 0 Å². The molecule has 2 aliphatic rings. The van der Waals surface area contributed by atoms with Gasteiger partial charge in [0.1, 0.15) is 5.60 Å². The van der Waals surface area contributed by atoms with Crippen molar-refractivity contribution in [2.45, 2.75) is 126 Å². The smallest absolute Gasteiger partial charge is 0.456 e. The summed E-state index contributed by atoms with van der Waals surface area (Å²) in [5.41, 5.74) is -11.0. The minimum atomic E-state index is -5.38. The molecule has 8 nitrogen and oxygen atoms in total. The molecule has 4 rings (SSSR count). The SMILES string of the molecule is CC(C)(C)OC(=O)c1c(C(F)(F)F)cc(B2OC(C)(C)C(C)(C)O2)cc1S(=O)(=O)c1cc(B2OC(C)(C)C(C)(C)O2)cc(C(F)(F)F)c1. The van der Waals surface area contributed by atoms with E-state index < -0.39 is 102 Å². The lowest BCUT2D eigenvalue weighted by atomic mass is 9.77. The molecule has 2 saturated heterocycles. The number of sulfone groups is 1. The van der Waals surface area contributed by atoms with E-state index in [0.717, 1.165) is 12.1 Å². The maximum atomic E-state index is 14.8. The minimum absolute atomic E-state index is 0.275. The molecule has 0 aliphatic carbocycles. The number of halogens is 6. The summed E-state index contributed by atoms with van der Waals surface area (Å²) in [7, 11) is -8.39. The minimum Gasteiger partial charge on any atom is -0.456 e. The van der Waals surface area contributed by atoms with Gasteiger partial charge >= 0.3 is 32.6 Å². The third-order valence-corrected chi connectivity index (χ3v) is 10.7. The van der Waals surface area contributed by atoms with Gasteiger partial charge in [0.25, 0.3) is 0 Å². The fraction of sp³-hybridized carbons (Fsp3) is 0.581. The largest absolute Gasteiger partial charge is 0.494 e. The van der Waals surface area contributed by atoms with Gasteiger partial charge in [0.15, 0.2) is 0 Å². The van der Waals surface area contributed by atoms with Crippen molar-refractivity contribution in [3.05, 3.63) is 47.0 Å². The van der Waals surface area contributed by atoms with E-state index >= 15 is 0 Å². The highest BCUT2D eigenvalue weighted by atomic mass is 32.2. The molecule has 0 N–H and O–H groups in total. The molecule has 0 amide bonds. The number of hydrogen-bond donors (Lipinski definition) is 0. The third-order valence-electron chi connectivity index (χ3n) is 8.94. The van der Waals surface area contributed by atoms with Crippen LogP contribution in [0.5, 0.6) is 0 Å². The Morgan fingerprint density at radius 1 is 0.667 bits per heavy atom. The second-order valence-electron chi connectivity index (χ2n) is 14.9. The van der Waals surface area contributed by atoms with Gasteiger partial charge in [-0.25, -0.2) is 13.2 Å². The zero-order valence-electron chi connectivity index (χ0n) is 28.5. The lowest BCUT2D eigenvalue weighted by molar-refractivity contribution is -0.138. The van der Waals surface area contributed by atoms with Crippen LogP contribution in [0, 0.1) is 0 Å². The Morgan fingerprint density at radius 2 is 1.08 bits per heavy atom. The molecule has 2 aliphatic heterocycles. The van der Waals surface area contributed by atoms with Gasteiger partial charge in [-0.05, 0) is 111 Å². The molecular weight excluding hydrogens is 668 g/mol. The van der Waals surface area contributed by atoms with Crippen LogP contribution in [0.25, 0.3) is 0 Å². The molecule has 0 aromatic heterocycles. The van der Waals surface area contributed by atoms with E-state index in [-0.39, 0.29) is 11.5 Å². The molecule has 0 unspecified atom stereocenters. The first-order valence-electron chi connectivity index (χ1n) is 15.0. The van der Waals surface area contributed by atoms with Crippen molar-refractivity contribution in [1.29, 1.82) is 0 Å². The third kappa shape index (κ3) is 7.16. The van der Waals surface area contributed by atoms with E-state index in [0.29, 0.717) is 12.1 Å². The van der Waals surface area contributed by atoms with Crippen molar-refractivity contribution in [2.75, 3.05) is 0 Å². The van der Waals surface area contributed by atoms with Crippen molar-refractivity contribution >= 4 is 41.0 Å². The summed E-state index contributed by atoms with van der Waals surface area (Å²) in [5.74, 6) is -1.66. The van der Waals surface area contributed by atoms with Crippen LogP contribution in [-0.2, 0) is 45.5 Å². The zero-order valence-corrected chi connectivity index (χ0v) is 29.3. The van der Waals surface area contributed by atoms with E-state index in [1.165, 1.54) is 20.8 Å². The summed E-state index contributed by atoms with van der Waals surface area (Å²) in [6, 6.07) is 2.99. The van der Waals surface area contributed by atoms with Crippen molar-refractivity contribution in [2.24, 2.45) is 0 Å². The monoisotopic (exact) mass is 706 g/mol. The van der Waals surface area contributed by atoms with E-state index in [1.54, 1.807) is 55.4 Å². The lowest BCUT2D eigenvalue weighted by Gasteiger charge is -2.32. The van der Waals surface area contributed by atoms with Crippen LogP contribution < -0.4 is 10.9 Å². The van der Waals surface area contributed by atoms with Crippen molar-refractivity contribution in [3.63, 3.8) is 0 Å². The Morgan fingerprint density at radius 3 is 1.46 bits per heavy atom. The number of benzene rings is 2. The Bertz CT molecular complexity index is 1700. The first-order chi connectivity index (χ1) is 21.3. The van der Waals surface area contributed by atoms with Crippen LogP contribution in [0.2, 0.25) is 0 Å². The number of carbonyl (C=O) groups excluding carboxylic acids is 1. The van der Waals surface area contributed by atoms with Crippen LogP contribution in [-0.4, -0.2) is 56.6 Å². The second kappa shape index (κ2) is 11.5. The Balaban J connectivity index is 2.05. The van der Waals surface area contributed by atoms with Crippen LogP contribution in [0.4, 0.5) is 26.3 Å². The van der Waals surface area contributed by atoms with Crippen LogP contribution >= 0.6 is 0 Å². The molecule has 2 heterocycles. The van der Waals surface area contributed by atoms with Crippen LogP contribution in [0.3, 0.4) is 0 Å². The molecule has 0 atom stereocenters. The van der Waals surface area contributed by atoms with Gasteiger partial charge in [-0.1, -0.05) is 6.07 Å². The fourth-order valence-corrected chi connectivity index (χ4v) is 6.49. The molecule has 264 valence electrons. The highest BCUT2D eigenvalue weighted by Gasteiger charge is 2.54. The van der Waals surface area contributed by atoms with Crippen LogP contribution in [0.1, 0.15) is 97.6 Å². The fourth-order valence-electron chi connectivity index (χ4n) is 4.91. The Kier molecular flexibility index (Phi) is 9.13. The molecule has 0 saturated carbocycles. The molecule has 0 bridgehead atoms. The topological polar surface area (TPSA) is 97.4 Å². The lowest BCUT2D eigenvalue weighted by Crippen LogP contribution is -2.41. The summed E-state index contributed by atoms with van der Waals surface area (Å²) in [5, 5.41) is 0. The molecule has 17 heteroatoms. The molecule has 2 fully saturated rings. The summed E-state index contributed by atoms with van der Waals surface area (Å²) < 4.78 is 144. The maximum absolute atomic E-state index is 14.8. The Hall–Kier alpha value is -2.59. The Labute approximate surface area is 277 Å². The van der Waals surface area contributed by atoms with Gasteiger partial charge in [0.05, 0.1) is 48.9 Å². The van der Waals surface area contributed by atoms with Gasteiger partial charge in [-0.2, -0.15) is 26.3 Å². The highest BCUT2D eigenvalue weighted by Crippen LogP contribution is 2.42. The van der Waals surface area contributed by atoms with Crippen molar-refractivity contribution in [1.82, 2.24) is 0 Å². The standard InChI is InChI=1S/C31H38B2F6O8S/c1-25(2,3)43-24(40)23-21(31(37,38)39)15-19(33-46-28(8,9)29(10,11)47-33)16-22(23)48(41,42)20-13-17(30(34,35)36)12-18(14-20)32-44-26(4,5)27(6,7)45-32/h12-16H,1-11H3. The molecule has 0 radical (unpaired) electrons. The predicted molar refractivity (Wildman–Crippen MR) is 165 cm³/mol. The number of rotatable bonds is 5.